The van der Waals surface area contributed by atoms with Gasteiger partial charge in [0.05, 0.1) is 33.1 Å². The van der Waals surface area contributed by atoms with Gasteiger partial charge in [0.2, 0.25) is 5.95 Å². The van der Waals surface area contributed by atoms with Crippen molar-refractivity contribution < 1.29 is 0 Å². The van der Waals surface area contributed by atoms with Crippen LogP contribution in [0.4, 0.5) is 0 Å². The molecule has 304 valence electrons. The molecule has 0 fully saturated rings. The highest BCUT2D eigenvalue weighted by molar-refractivity contribution is 6.19. The third-order valence-electron chi connectivity index (χ3n) is 12.8. The van der Waals surface area contributed by atoms with Gasteiger partial charge in [-0.25, -0.2) is 19.9 Å². The van der Waals surface area contributed by atoms with Crippen molar-refractivity contribution >= 4 is 65.8 Å². The van der Waals surface area contributed by atoms with Crippen LogP contribution in [0.2, 0.25) is 0 Å². The molecular formula is C55H44N8. The first-order valence-electron chi connectivity index (χ1n) is 21.8. The van der Waals surface area contributed by atoms with Gasteiger partial charge in [-0.3, -0.25) is 13.7 Å². The van der Waals surface area contributed by atoms with Gasteiger partial charge in [0, 0.05) is 40.4 Å². The maximum atomic E-state index is 5.60. The number of pyridine rings is 2. The molecule has 6 aromatic heterocycles. The van der Waals surface area contributed by atoms with E-state index in [0.29, 0.717) is 0 Å². The summed E-state index contributed by atoms with van der Waals surface area (Å²) in [5, 5.41) is 4.68. The zero-order valence-corrected chi connectivity index (χ0v) is 35.8. The number of fused-ring (bicyclic) bond motifs is 8. The van der Waals surface area contributed by atoms with Crippen LogP contribution < -0.4 is 0 Å². The SMILES string of the molecule is CC(C)c1cc(-c2ccccc2)cc(C(C)C)c1-c1nc2ccc(-n3c4ccccc4c4cc5c6ccccc6n(-c6nc7ccccc7n6C)c5cc43)nc2n1-c1ccccn1. The van der Waals surface area contributed by atoms with Crippen molar-refractivity contribution in [2.24, 2.45) is 7.05 Å². The normalized spacial score (nSPS) is 12.2. The molecule has 8 heteroatoms. The molecular weight excluding hydrogens is 773 g/mol. The summed E-state index contributed by atoms with van der Waals surface area (Å²) >= 11 is 0. The third kappa shape index (κ3) is 5.60. The van der Waals surface area contributed by atoms with Gasteiger partial charge >= 0.3 is 0 Å². The summed E-state index contributed by atoms with van der Waals surface area (Å²) in [6.07, 6.45) is 1.85. The lowest BCUT2D eigenvalue weighted by Crippen LogP contribution is -2.08. The van der Waals surface area contributed by atoms with E-state index in [9.17, 15) is 0 Å². The summed E-state index contributed by atoms with van der Waals surface area (Å²) in [6, 6.07) is 56.0. The first kappa shape index (κ1) is 37.0. The van der Waals surface area contributed by atoms with Crippen LogP contribution in [-0.4, -0.2) is 38.2 Å². The summed E-state index contributed by atoms with van der Waals surface area (Å²) in [6.45, 7) is 9.10. The van der Waals surface area contributed by atoms with Crippen molar-refractivity contribution in [3.8, 4) is 40.1 Å². The zero-order valence-electron chi connectivity index (χ0n) is 35.8. The molecule has 0 atom stereocenters. The lowest BCUT2D eigenvalue weighted by molar-refractivity contribution is 0.832. The predicted molar refractivity (Wildman–Crippen MR) is 259 cm³/mol. The van der Waals surface area contributed by atoms with E-state index in [4.69, 9.17) is 19.9 Å². The summed E-state index contributed by atoms with van der Waals surface area (Å²) < 4.78 is 8.98. The lowest BCUT2D eigenvalue weighted by atomic mass is 9.85. The van der Waals surface area contributed by atoms with Gasteiger partial charge in [0.15, 0.2) is 5.65 Å². The molecule has 0 amide bonds. The van der Waals surface area contributed by atoms with Crippen LogP contribution in [0.1, 0.15) is 50.7 Å². The molecule has 0 spiro atoms. The van der Waals surface area contributed by atoms with Crippen LogP contribution in [0.5, 0.6) is 0 Å². The second kappa shape index (κ2) is 14.1. The lowest BCUT2D eigenvalue weighted by Gasteiger charge is -2.22. The van der Waals surface area contributed by atoms with Gasteiger partial charge in [0.25, 0.3) is 0 Å². The maximum absolute atomic E-state index is 5.60. The van der Waals surface area contributed by atoms with E-state index in [1.807, 2.05) is 24.4 Å². The molecule has 12 aromatic rings. The molecule has 0 aliphatic carbocycles. The van der Waals surface area contributed by atoms with Crippen LogP contribution in [0.15, 0.2) is 164 Å². The van der Waals surface area contributed by atoms with E-state index in [1.54, 1.807) is 0 Å². The fourth-order valence-corrected chi connectivity index (χ4v) is 9.82. The van der Waals surface area contributed by atoms with Gasteiger partial charge in [-0.2, -0.15) is 0 Å². The quantitative estimate of drug-likeness (QED) is 0.161. The number of nitrogens with zero attached hydrogens (tertiary/aromatic N) is 8. The van der Waals surface area contributed by atoms with Gasteiger partial charge < -0.3 is 4.57 Å². The highest BCUT2D eigenvalue weighted by Gasteiger charge is 2.27. The number of aryl methyl sites for hydroxylation is 1. The maximum Gasteiger partial charge on any atom is 0.215 e. The molecule has 0 bridgehead atoms. The Bertz CT molecular complexity index is 3720. The van der Waals surface area contributed by atoms with Crippen molar-refractivity contribution in [2.45, 2.75) is 39.5 Å². The molecule has 0 N–H and O–H groups in total. The molecule has 0 aliphatic heterocycles. The minimum atomic E-state index is 0.232. The Morgan fingerprint density at radius 1 is 0.429 bits per heavy atom. The largest absolute Gasteiger partial charge is 0.313 e. The molecule has 0 saturated heterocycles. The van der Waals surface area contributed by atoms with Crippen LogP contribution in [-0.2, 0) is 7.05 Å². The highest BCUT2D eigenvalue weighted by atomic mass is 15.2. The Morgan fingerprint density at radius 3 is 1.71 bits per heavy atom. The average molecular weight is 817 g/mol. The van der Waals surface area contributed by atoms with Gasteiger partial charge in [0.1, 0.15) is 23.0 Å². The summed E-state index contributed by atoms with van der Waals surface area (Å²) in [5.74, 6) is 3.75. The third-order valence-corrected chi connectivity index (χ3v) is 12.8. The van der Waals surface area contributed by atoms with E-state index < -0.39 is 0 Å². The van der Waals surface area contributed by atoms with Crippen molar-refractivity contribution in [1.82, 2.24) is 38.2 Å². The summed E-state index contributed by atoms with van der Waals surface area (Å²) in [4.78, 5) is 21.2. The Morgan fingerprint density at radius 2 is 1.05 bits per heavy atom. The number of hydrogen-bond donors (Lipinski definition) is 0. The van der Waals surface area contributed by atoms with Gasteiger partial charge in [-0.15, -0.1) is 0 Å². The van der Waals surface area contributed by atoms with Crippen LogP contribution in [0.25, 0.3) is 106 Å². The number of rotatable bonds is 7. The molecule has 6 heterocycles. The number of aromatic nitrogens is 8. The number of para-hydroxylation sites is 4. The Hall–Kier alpha value is -7.84. The first-order chi connectivity index (χ1) is 30.8. The smallest absolute Gasteiger partial charge is 0.215 e. The van der Waals surface area contributed by atoms with Crippen LogP contribution >= 0.6 is 0 Å². The van der Waals surface area contributed by atoms with E-state index >= 15 is 0 Å². The van der Waals surface area contributed by atoms with E-state index in [2.05, 4.69) is 193 Å². The second-order valence-electron chi connectivity index (χ2n) is 17.2. The van der Waals surface area contributed by atoms with E-state index in [1.165, 1.54) is 33.0 Å². The molecule has 0 saturated carbocycles. The molecule has 6 aromatic carbocycles. The van der Waals surface area contributed by atoms with Crippen molar-refractivity contribution in [2.75, 3.05) is 0 Å². The fourth-order valence-electron chi connectivity index (χ4n) is 9.82. The van der Waals surface area contributed by atoms with Gasteiger partial charge in [-0.1, -0.05) is 125 Å². The number of benzene rings is 6. The Kier molecular flexibility index (Phi) is 8.28. The van der Waals surface area contributed by atoms with Crippen LogP contribution in [0, 0.1) is 0 Å². The monoisotopic (exact) mass is 816 g/mol. The van der Waals surface area contributed by atoms with E-state index in [0.717, 1.165) is 84.0 Å². The Balaban J connectivity index is 1.14. The van der Waals surface area contributed by atoms with Crippen LogP contribution in [0.3, 0.4) is 0 Å². The van der Waals surface area contributed by atoms with Crippen molar-refractivity contribution in [3.63, 3.8) is 0 Å². The molecule has 63 heavy (non-hydrogen) atoms. The minimum Gasteiger partial charge on any atom is -0.313 e. The molecule has 8 nitrogen and oxygen atoms in total. The Labute approximate surface area is 364 Å². The highest BCUT2D eigenvalue weighted by Crippen LogP contribution is 2.43. The molecule has 0 unspecified atom stereocenters. The molecule has 0 aliphatic rings. The predicted octanol–water partition coefficient (Wildman–Crippen LogP) is 13.5. The number of imidazole rings is 2. The minimum absolute atomic E-state index is 0.232. The van der Waals surface area contributed by atoms with Crippen molar-refractivity contribution in [1.29, 1.82) is 0 Å². The second-order valence-corrected chi connectivity index (χ2v) is 17.2. The standard InChI is InChI=1S/C55H44N8/c1-33(2)39-29-36(35-17-7-6-8-18-35)30-40(34(3)4)52(39)54-57-44-26-27-51(59-53(44)63(54)50-25-15-16-28-56-50)61-45-22-12-9-19-37(45)41-31-42-38-20-10-13-23-46(38)62(49(42)32-48(41)61)55-58-43-21-11-14-24-47(43)60(55)5/h6-34H,1-5H3. The fraction of sp³-hybridized carbons (Fsp3) is 0.127. The summed E-state index contributed by atoms with van der Waals surface area (Å²) in [7, 11) is 2.10. The summed E-state index contributed by atoms with van der Waals surface area (Å²) in [5.41, 5.74) is 14.0. The van der Waals surface area contributed by atoms with E-state index in [-0.39, 0.29) is 11.8 Å². The van der Waals surface area contributed by atoms with Gasteiger partial charge in [-0.05, 0) is 94.8 Å². The topological polar surface area (TPSA) is 71.3 Å². The average Bonchev–Trinajstić information content (AvgIpc) is 4.05. The number of hydrogen-bond acceptors (Lipinski definition) is 4. The van der Waals surface area contributed by atoms with Crippen molar-refractivity contribution in [3.05, 3.63) is 175 Å². The zero-order chi connectivity index (χ0) is 42.5. The molecule has 0 radical (unpaired) electrons. The first-order valence-corrected chi connectivity index (χ1v) is 21.8. The molecule has 12 rings (SSSR count).